The molecule has 30 heavy (non-hydrogen) atoms. The molecule has 6 heteroatoms. The van der Waals surface area contributed by atoms with E-state index >= 15 is 0 Å². The fourth-order valence-corrected chi connectivity index (χ4v) is 3.84. The fourth-order valence-electron chi connectivity index (χ4n) is 3.84. The fraction of sp³-hybridized carbons (Fsp3) is 0.458. The highest BCUT2D eigenvalue weighted by molar-refractivity contribution is 5.79. The van der Waals surface area contributed by atoms with Crippen molar-refractivity contribution in [2.75, 3.05) is 40.8 Å². The number of hydrogen-bond donors (Lipinski definition) is 2. The summed E-state index contributed by atoms with van der Waals surface area (Å²) >= 11 is 0. The molecule has 2 aromatic carbocycles. The molecular weight excluding hydrogens is 377 g/mol. The van der Waals surface area contributed by atoms with Crippen LogP contribution in [-0.4, -0.2) is 56.5 Å². The van der Waals surface area contributed by atoms with Gasteiger partial charge in [0.2, 0.25) is 0 Å². The van der Waals surface area contributed by atoms with Crippen LogP contribution in [0.15, 0.2) is 53.5 Å². The molecule has 1 aliphatic rings. The highest BCUT2D eigenvalue weighted by Crippen LogP contribution is 2.18. The van der Waals surface area contributed by atoms with Crippen molar-refractivity contribution in [3.63, 3.8) is 0 Å². The number of aliphatic imine (C=N–C) groups is 1. The van der Waals surface area contributed by atoms with E-state index in [9.17, 15) is 4.39 Å². The maximum Gasteiger partial charge on any atom is 0.191 e. The second kappa shape index (κ2) is 11.1. The van der Waals surface area contributed by atoms with Gasteiger partial charge in [0.25, 0.3) is 0 Å². The molecule has 1 atom stereocenters. The van der Waals surface area contributed by atoms with Gasteiger partial charge in [0.15, 0.2) is 5.96 Å². The molecule has 1 unspecified atom stereocenters. The van der Waals surface area contributed by atoms with Gasteiger partial charge < -0.3 is 15.5 Å². The second-order valence-corrected chi connectivity index (χ2v) is 8.14. The molecule has 5 nitrogen and oxygen atoms in total. The first-order valence-electron chi connectivity index (χ1n) is 10.7. The van der Waals surface area contributed by atoms with E-state index in [0.717, 1.165) is 18.1 Å². The van der Waals surface area contributed by atoms with E-state index in [1.54, 1.807) is 7.05 Å². The van der Waals surface area contributed by atoms with Gasteiger partial charge in [-0.05, 0) is 68.8 Å². The number of likely N-dealkylation sites (tertiary alicyclic amines) is 1. The summed E-state index contributed by atoms with van der Waals surface area (Å²) in [4.78, 5) is 8.97. The Morgan fingerprint density at radius 3 is 2.23 bits per heavy atom. The lowest BCUT2D eigenvalue weighted by atomic mass is 10.1. The Labute approximate surface area is 180 Å². The first kappa shape index (κ1) is 22.2. The third kappa shape index (κ3) is 6.54. The van der Waals surface area contributed by atoms with Gasteiger partial charge in [-0.15, -0.1) is 0 Å². The summed E-state index contributed by atoms with van der Waals surface area (Å²) in [6.07, 6.45) is 2.65. The molecule has 0 saturated carbocycles. The average molecular weight is 412 g/mol. The van der Waals surface area contributed by atoms with E-state index in [1.807, 2.05) is 26.2 Å². The summed E-state index contributed by atoms with van der Waals surface area (Å²) in [5.41, 5.74) is 3.67. The van der Waals surface area contributed by atoms with Gasteiger partial charge in [0.1, 0.15) is 5.82 Å². The lowest BCUT2D eigenvalue weighted by molar-refractivity contribution is 0.298. The van der Waals surface area contributed by atoms with Gasteiger partial charge in [-0.25, -0.2) is 4.39 Å². The highest BCUT2D eigenvalue weighted by atomic mass is 19.1. The van der Waals surface area contributed by atoms with Crippen molar-refractivity contribution in [3.05, 3.63) is 71.0 Å². The molecule has 1 fully saturated rings. The molecule has 0 radical (unpaired) electrons. The van der Waals surface area contributed by atoms with Crippen LogP contribution in [-0.2, 0) is 13.1 Å². The molecule has 1 saturated heterocycles. The quantitative estimate of drug-likeness (QED) is 0.516. The second-order valence-electron chi connectivity index (χ2n) is 8.14. The lowest BCUT2D eigenvalue weighted by Crippen LogP contribution is -2.41. The lowest BCUT2D eigenvalue weighted by Gasteiger charge is -2.26. The van der Waals surface area contributed by atoms with Gasteiger partial charge in [0.05, 0.1) is 6.04 Å². The maximum absolute atomic E-state index is 13.2. The van der Waals surface area contributed by atoms with Crippen LogP contribution in [0.25, 0.3) is 0 Å². The summed E-state index contributed by atoms with van der Waals surface area (Å²) in [5, 5.41) is 6.77. The molecule has 0 amide bonds. The van der Waals surface area contributed by atoms with Gasteiger partial charge in [0, 0.05) is 26.7 Å². The van der Waals surface area contributed by atoms with E-state index in [0.29, 0.717) is 13.1 Å². The number of halogens is 1. The van der Waals surface area contributed by atoms with Crippen molar-refractivity contribution in [2.45, 2.75) is 32.0 Å². The maximum atomic E-state index is 13.2. The standard InChI is InChI=1S/C24H34FN5/c1-26-24(28-17-23(29(2)3)21-10-12-22(25)13-11-21)27-16-19-6-8-20(9-7-19)18-30-14-4-5-15-30/h6-13,23H,4-5,14-18H2,1-3H3,(H2,26,27,28). The smallest absolute Gasteiger partial charge is 0.191 e. The number of rotatable bonds is 8. The van der Waals surface area contributed by atoms with E-state index < -0.39 is 0 Å². The normalized spacial score (nSPS) is 16.1. The Morgan fingerprint density at radius 1 is 1.00 bits per heavy atom. The summed E-state index contributed by atoms with van der Waals surface area (Å²) in [6, 6.07) is 15.6. The molecule has 2 aromatic rings. The summed E-state index contributed by atoms with van der Waals surface area (Å²) < 4.78 is 13.2. The zero-order valence-electron chi connectivity index (χ0n) is 18.4. The van der Waals surface area contributed by atoms with Crippen LogP contribution in [0.3, 0.4) is 0 Å². The summed E-state index contributed by atoms with van der Waals surface area (Å²) in [7, 11) is 5.82. The number of guanidine groups is 1. The SMILES string of the molecule is CN=C(NCc1ccc(CN2CCCC2)cc1)NCC(c1ccc(F)cc1)N(C)C. The van der Waals surface area contributed by atoms with E-state index in [-0.39, 0.29) is 11.9 Å². The molecule has 2 N–H and O–H groups in total. The van der Waals surface area contributed by atoms with E-state index in [2.05, 4.69) is 49.7 Å². The summed E-state index contributed by atoms with van der Waals surface area (Å²) in [5.74, 6) is 0.540. The van der Waals surface area contributed by atoms with Crippen molar-refractivity contribution in [2.24, 2.45) is 4.99 Å². The number of likely N-dealkylation sites (N-methyl/N-ethyl adjacent to an activating group) is 1. The van der Waals surface area contributed by atoms with E-state index in [4.69, 9.17) is 0 Å². The van der Waals surface area contributed by atoms with Gasteiger partial charge in [-0.1, -0.05) is 36.4 Å². The topological polar surface area (TPSA) is 42.9 Å². The van der Waals surface area contributed by atoms with Crippen LogP contribution < -0.4 is 10.6 Å². The molecule has 0 aromatic heterocycles. The molecule has 3 rings (SSSR count). The van der Waals surface area contributed by atoms with Crippen molar-refractivity contribution in [1.82, 2.24) is 20.4 Å². The minimum Gasteiger partial charge on any atom is -0.354 e. The minimum atomic E-state index is -0.215. The van der Waals surface area contributed by atoms with Crippen LogP contribution in [0, 0.1) is 5.82 Å². The van der Waals surface area contributed by atoms with Crippen LogP contribution in [0.5, 0.6) is 0 Å². The predicted molar refractivity (Wildman–Crippen MR) is 122 cm³/mol. The largest absolute Gasteiger partial charge is 0.354 e. The zero-order valence-corrected chi connectivity index (χ0v) is 18.4. The number of nitrogens with one attached hydrogen (secondary N) is 2. The minimum absolute atomic E-state index is 0.119. The van der Waals surface area contributed by atoms with Crippen molar-refractivity contribution in [1.29, 1.82) is 0 Å². The Balaban J connectivity index is 1.49. The van der Waals surface area contributed by atoms with E-state index in [1.165, 1.54) is 49.2 Å². The Kier molecular flexibility index (Phi) is 8.22. The van der Waals surface area contributed by atoms with Gasteiger partial charge >= 0.3 is 0 Å². The summed E-state index contributed by atoms with van der Waals surface area (Å²) in [6.45, 7) is 4.88. The van der Waals surface area contributed by atoms with Crippen molar-refractivity contribution >= 4 is 5.96 Å². The molecular formula is C24H34FN5. The number of benzene rings is 2. The molecule has 1 heterocycles. The number of nitrogens with zero attached hydrogens (tertiary/aromatic N) is 3. The van der Waals surface area contributed by atoms with Crippen LogP contribution >= 0.6 is 0 Å². The third-order valence-corrected chi connectivity index (χ3v) is 5.65. The molecule has 162 valence electrons. The Bertz CT molecular complexity index is 795. The third-order valence-electron chi connectivity index (χ3n) is 5.65. The van der Waals surface area contributed by atoms with Gasteiger partial charge in [-0.2, -0.15) is 0 Å². The van der Waals surface area contributed by atoms with Crippen molar-refractivity contribution in [3.8, 4) is 0 Å². The highest BCUT2D eigenvalue weighted by Gasteiger charge is 2.15. The van der Waals surface area contributed by atoms with Crippen LogP contribution in [0.4, 0.5) is 4.39 Å². The monoisotopic (exact) mass is 411 g/mol. The first-order valence-corrected chi connectivity index (χ1v) is 10.7. The zero-order chi connectivity index (χ0) is 21.3. The van der Waals surface area contributed by atoms with Crippen molar-refractivity contribution < 1.29 is 4.39 Å². The Hall–Kier alpha value is -2.44. The first-order chi connectivity index (χ1) is 14.5. The molecule has 0 bridgehead atoms. The predicted octanol–water partition coefficient (Wildman–Crippen LogP) is 3.39. The number of hydrogen-bond acceptors (Lipinski definition) is 3. The molecule has 1 aliphatic heterocycles. The molecule has 0 aliphatic carbocycles. The molecule has 0 spiro atoms. The van der Waals surface area contributed by atoms with Crippen LogP contribution in [0.1, 0.15) is 35.6 Å². The van der Waals surface area contributed by atoms with Crippen LogP contribution in [0.2, 0.25) is 0 Å². The Morgan fingerprint density at radius 2 is 1.63 bits per heavy atom. The average Bonchev–Trinajstić information content (AvgIpc) is 3.25. The van der Waals surface area contributed by atoms with Gasteiger partial charge in [-0.3, -0.25) is 9.89 Å².